The van der Waals surface area contributed by atoms with Gasteiger partial charge in [0.05, 0.1) is 17.4 Å². The Bertz CT molecular complexity index is 1280. The first kappa shape index (κ1) is 17.7. The predicted molar refractivity (Wildman–Crippen MR) is 112 cm³/mol. The average Bonchev–Trinajstić information content (AvgIpc) is 3.19. The number of hydrogen-bond acceptors (Lipinski definition) is 7. The molecule has 29 heavy (non-hydrogen) atoms. The van der Waals surface area contributed by atoms with E-state index in [-0.39, 0.29) is 11.6 Å². The molecule has 0 spiro atoms. The van der Waals surface area contributed by atoms with Crippen molar-refractivity contribution in [3.8, 4) is 5.69 Å². The van der Waals surface area contributed by atoms with Crippen molar-refractivity contribution in [3.63, 3.8) is 0 Å². The quantitative estimate of drug-likeness (QED) is 0.535. The molecule has 3 aromatic heterocycles. The highest BCUT2D eigenvalue weighted by molar-refractivity contribution is 5.89. The molecule has 1 aromatic carbocycles. The number of anilines is 1. The lowest BCUT2D eigenvalue weighted by Crippen LogP contribution is -2.54. The van der Waals surface area contributed by atoms with Gasteiger partial charge in [0.2, 0.25) is 0 Å². The van der Waals surface area contributed by atoms with Crippen LogP contribution in [0.2, 0.25) is 0 Å². The van der Waals surface area contributed by atoms with E-state index in [4.69, 9.17) is 0 Å². The lowest BCUT2D eigenvalue weighted by atomic mass is 10.1. The van der Waals surface area contributed by atoms with Gasteiger partial charge in [0, 0.05) is 30.6 Å². The van der Waals surface area contributed by atoms with E-state index < -0.39 is 0 Å². The number of fused-ring (bicyclic) bond motifs is 2. The van der Waals surface area contributed by atoms with Gasteiger partial charge in [-0.25, -0.2) is 15.0 Å². The Labute approximate surface area is 166 Å². The Hall–Kier alpha value is -3.33. The molecule has 9 heteroatoms. The van der Waals surface area contributed by atoms with Gasteiger partial charge in [-0.2, -0.15) is 5.10 Å². The fourth-order valence-electron chi connectivity index (χ4n) is 4.04. The zero-order valence-corrected chi connectivity index (χ0v) is 16.5. The maximum absolute atomic E-state index is 13.4. The summed E-state index contributed by atoms with van der Waals surface area (Å²) >= 11 is 0. The highest BCUT2D eigenvalue weighted by atomic mass is 16.1. The summed E-state index contributed by atoms with van der Waals surface area (Å²) < 4.78 is 1.55. The fraction of sp³-hybridized carbons (Fsp3) is 0.350. The molecular formula is C20H22N8O. The van der Waals surface area contributed by atoms with Crippen molar-refractivity contribution in [1.82, 2.24) is 35.0 Å². The van der Waals surface area contributed by atoms with Gasteiger partial charge in [-0.05, 0) is 32.4 Å². The van der Waals surface area contributed by atoms with Crippen LogP contribution >= 0.6 is 0 Å². The van der Waals surface area contributed by atoms with Crippen LogP contribution in [0, 0.1) is 6.92 Å². The third-order valence-electron chi connectivity index (χ3n) is 5.60. The lowest BCUT2D eigenvalue weighted by Gasteiger charge is -2.38. The minimum absolute atomic E-state index is 0.216. The molecule has 148 valence electrons. The monoisotopic (exact) mass is 390 g/mol. The number of hydrogen-bond donors (Lipinski definition) is 2. The number of piperazine rings is 1. The minimum atomic E-state index is -0.216. The molecule has 4 heterocycles. The number of H-pyrrole nitrogens is 1. The molecule has 0 unspecified atom stereocenters. The smallest absolute Gasteiger partial charge is 0.284 e. The highest BCUT2D eigenvalue weighted by Gasteiger charge is 2.26. The van der Waals surface area contributed by atoms with Crippen molar-refractivity contribution >= 4 is 27.8 Å². The summed E-state index contributed by atoms with van der Waals surface area (Å²) in [5, 5.41) is 11.4. The topological polar surface area (TPSA) is 105 Å². The molecule has 0 amide bonds. The van der Waals surface area contributed by atoms with Crippen LogP contribution in [0.15, 0.2) is 35.8 Å². The molecule has 1 saturated heterocycles. The molecule has 1 aliphatic rings. The second-order valence-electron chi connectivity index (χ2n) is 7.69. The maximum atomic E-state index is 13.4. The van der Waals surface area contributed by atoms with Crippen molar-refractivity contribution < 1.29 is 0 Å². The minimum Gasteiger partial charge on any atom is -0.349 e. The van der Waals surface area contributed by atoms with Gasteiger partial charge in [-0.1, -0.05) is 6.07 Å². The second-order valence-corrected chi connectivity index (χ2v) is 7.69. The van der Waals surface area contributed by atoms with Crippen LogP contribution in [0.3, 0.4) is 0 Å². The van der Waals surface area contributed by atoms with Crippen molar-refractivity contribution in [2.45, 2.75) is 32.9 Å². The predicted octanol–water partition coefficient (Wildman–Crippen LogP) is 1.55. The Morgan fingerprint density at radius 2 is 2.00 bits per heavy atom. The Morgan fingerprint density at radius 1 is 1.14 bits per heavy atom. The molecule has 9 nitrogen and oxygen atoms in total. The van der Waals surface area contributed by atoms with Crippen molar-refractivity contribution in [2.75, 3.05) is 18.0 Å². The van der Waals surface area contributed by atoms with Gasteiger partial charge in [0.1, 0.15) is 18.2 Å². The number of aromatic amines is 1. The van der Waals surface area contributed by atoms with Gasteiger partial charge in [-0.3, -0.25) is 14.5 Å². The number of aromatic nitrogens is 6. The van der Waals surface area contributed by atoms with Gasteiger partial charge in [-0.15, -0.1) is 0 Å². The molecule has 0 aliphatic carbocycles. The number of nitrogens with one attached hydrogen (secondary N) is 2. The zero-order valence-electron chi connectivity index (χ0n) is 16.5. The summed E-state index contributed by atoms with van der Waals surface area (Å²) in [7, 11) is 0. The lowest BCUT2D eigenvalue weighted by molar-refractivity contribution is 0.423. The molecule has 0 radical (unpaired) electrons. The maximum Gasteiger partial charge on any atom is 0.284 e. The van der Waals surface area contributed by atoms with E-state index in [0.29, 0.717) is 22.9 Å². The van der Waals surface area contributed by atoms with Gasteiger partial charge in [0.25, 0.3) is 5.56 Å². The summed E-state index contributed by atoms with van der Waals surface area (Å²) in [5.41, 5.74) is 3.22. The van der Waals surface area contributed by atoms with E-state index in [0.717, 1.165) is 35.2 Å². The van der Waals surface area contributed by atoms with Crippen LogP contribution in [0.1, 0.15) is 19.4 Å². The molecule has 1 fully saturated rings. The highest BCUT2D eigenvalue weighted by Crippen LogP contribution is 2.26. The molecule has 4 aromatic rings. The van der Waals surface area contributed by atoms with Crippen molar-refractivity contribution in [3.05, 3.63) is 46.9 Å². The molecule has 0 bridgehead atoms. The average molecular weight is 390 g/mol. The molecule has 2 N–H and O–H groups in total. The fourth-order valence-corrected chi connectivity index (χ4v) is 4.04. The number of benzene rings is 1. The molecule has 5 rings (SSSR count). The van der Waals surface area contributed by atoms with Crippen molar-refractivity contribution in [2.24, 2.45) is 0 Å². The third kappa shape index (κ3) is 2.77. The SMILES string of the molecule is Cc1ccc2[nH]ncc2c1-n1cnc2c(N3C[C@@H](C)NC[C@@H]3C)ncnc2c1=O. The largest absolute Gasteiger partial charge is 0.349 e. The summed E-state index contributed by atoms with van der Waals surface area (Å²) in [6.07, 6.45) is 4.75. The van der Waals surface area contributed by atoms with E-state index in [1.807, 2.05) is 19.1 Å². The van der Waals surface area contributed by atoms with Crippen LogP contribution in [0.5, 0.6) is 0 Å². The molecular weight excluding hydrogens is 368 g/mol. The van der Waals surface area contributed by atoms with Crippen LogP contribution in [-0.4, -0.2) is 54.9 Å². The second kappa shape index (κ2) is 6.63. The Balaban J connectivity index is 1.72. The first-order chi connectivity index (χ1) is 14.0. The van der Waals surface area contributed by atoms with Gasteiger partial charge >= 0.3 is 0 Å². The van der Waals surface area contributed by atoms with Crippen LogP contribution in [0.4, 0.5) is 5.82 Å². The summed E-state index contributed by atoms with van der Waals surface area (Å²) in [5.74, 6) is 0.707. The van der Waals surface area contributed by atoms with E-state index in [9.17, 15) is 4.79 Å². The first-order valence-corrected chi connectivity index (χ1v) is 9.70. The molecule has 2 atom stereocenters. The van der Waals surface area contributed by atoms with Crippen LogP contribution in [0.25, 0.3) is 27.6 Å². The van der Waals surface area contributed by atoms with Crippen molar-refractivity contribution in [1.29, 1.82) is 0 Å². The van der Waals surface area contributed by atoms with Gasteiger partial charge < -0.3 is 10.2 Å². The number of aryl methyl sites for hydroxylation is 1. The summed E-state index contributed by atoms with van der Waals surface area (Å²) in [4.78, 5) is 29.0. The number of nitrogens with zero attached hydrogens (tertiary/aromatic N) is 6. The van der Waals surface area contributed by atoms with Crippen LogP contribution in [-0.2, 0) is 0 Å². The van der Waals surface area contributed by atoms with Crippen LogP contribution < -0.4 is 15.8 Å². The first-order valence-electron chi connectivity index (χ1n) is 9.70. The van der Waals surface area contributed by atoms with E-state index >= 15 is 0 Å². The summed E-state index contributed by atoms with van der Waals surface area (Å²) in [6.45, 7) is 7.89. The van der Waals surface area contributed by atoms with E-state index in [2.05, 4.69) is 49.2 Å². The number of rotatable bonds is 2. The van der Waals surface area contributed by atoms with E-state index in [1.165, 1.54) is 6.33 Å². The standard InChI is InChI=1S/C20H22N8O/c1-11-4-5-15-14(7-25-26-15)18(11)28-10-24-16-17(20(28)29)22-9-23-19(16)27-8-12(2)21-6-13(27)3/h4-5,7,9-10,12-13,21H,6,8H2,1-3H3,(H,25,26)/t12-,13+/m1/s1. The normalized spacial score (nSPS) is 19.9. The Morgan fingerprint density at radius 3 is 2.86 bits per heavy atom. The molecule has 0 saturated carbocycles. The Kier molecular flexibility index (Phi) is 4.06. The molecule has 1 aliphatic heterocycles. The third-order valence-corrected chi connectivity index (χ3v) is 5.60. The van der Waals surface area contributed by atoms with Gasteiger partial charge in [0.15, 0.2) is 11.3 Å². The van der Waals surface area contributed by atoms with E-state index in [1.54, 1.807) is 17.1 Å². The zero-order chi connectivity index (χ0) is 20.1. The summed E-state index contributed by atoms with van der Waals surface area (Å²) in [6, 6.07) is 4.49.